The van der Waals surface area contributed by atoms with Crippen molar-refractivity contribution in [3.8, 4) is 0 Å². The minimum atomic E-state index is -3.40. The summed E-state index contributed by atoms with van der Waals surface area (Å²) in [6.07, 6.45) is 2.27. The highest BCUT2D eigenvalue weighted by molar-refractivity contribution is 7.89. The minimum Gasteiger partial charge on any atom is -0.312 e. The molecule has 2 N–H and O–H groups in total. The third-order valence-electron chi connectivity index (χ3n) is 3.86. The van der Waals surface area contributed by atoms with E-state index in [1.54, 1.807) is 24.3 Å². The van der Waals surface area contributed by atoms with Crippen LogP contribution in [0.4, 0.5) is 0 Å². The largest absolute Gasteiger partial charge is 0.312 e. The SMILES string of the molecule is CC1(C)CCCNC1CNS(=O)(=O)c1ccccc1.Cl. The van der Waals surface area contributed by atoms with Gasteiger partial charge in [0.1, 0.15) is 0 Å². The number of rotatable bonds is 4. The molecular weight excluding hydrogens is 296 g/mol. The fraction of sp³-hybridized carbons (Fsp3) is 0.571. The van der Waals surface area contributed by atoms with Crippen molar-refractivity contribution in [1.29, 1.82) is 0 Å². The van der Waals surface area contributed by atoms with Gasteiger partial charge in [0.05, 0.1) is 4.90 Å². The normalized spacial score (nSPS) is 22.0. The van der Waals surface area contributed by atoms with Crippen LogP contribution in [-0.2, 0) is 10.0 Å². The summed E-state index contributed by atoms with van der Waals surface area (Å²) in [5.41, 5.74) is 0.122. The van der Waals surface area contributed by atoms with E-state index in [1.165, 1.54) is 0 Å². The molecule has 1 saturated heterocycles. The number of benzene rings is 1. The third kappa shape index (κ3) is 4.19. The molecule has 0 radical (unpaired) electrons. The van der Waals surface area contributed by atoms with Gasteiger partial charge in [-0.2, -0.15) is 0 Å². The van der Waals surface area contributed by atoms with Crippen molar-refractivity contribution in [2.24, 2.45) is 5.41 Å². The second-order valence-corrected chi connectivity index (χ2v) is 7.53. The maximum atomic E-state index is 12.1. The zero-order valence-corrected chi connectivity index (χ0v) is 13.6. The Morgan fingerprint density at radius 3 is 2.55 bits per heavy atom. The Bertz CT molecular complexity index is 517. The predicted octanol–water partition coefficient (Wildman–Crippen LogP) is 2.16. The standard InChI is InChI=1S/C14H22N2O2S.ClH/c1-14(2)9-6-10-15-13(14)11-16-19(17,18)12-7-4-3-5-8-12;/h3-5,7-8,13,15-16H,6,9-11H2,1-2H3;1H. The lowest BCUT2D eigenvalue weighted by atomic mass is 9.78. The fourth-order valence-electron chi connectivity index (χ4n) is 2.50. The molecule has 1 unspecified atom stereocenters. The lowest BCUT2D eigenvalue weighted by molar-refractivity contribution is 0.181. The summed E-state index contributed by atoms with van der Waals surface area (Å²) < 4.78 is 27.0. The van der Waals surface area contributed by atoms with Crippen LogP contribution in [0.25, 0.3) is 0 Å². The van der Waals surface area contributed by atoms with Gasteiger partial charge in [0.2, 0.25) is 10.0 Å². The zero-order chi connectivity index (χ0) is 13.9. The Hall–Kier alpha value is -0.620. The van der Waals surface area contributed by atoms with E-state index < -0.39 is 10.0 Å². The Morgan fingerprint density at radius 2 is 1.95 bits per heavy atom. The Morgan fingerprint density at radius 1 is 1.30 bits per heavy atom. The number of nitrogens with one attached hydrogen (secondary N) is 2. The molecule has 0 amide bonds. The Balaban J connectivity index is 0.00000200. The van der Waals surface area contributed by atoms with Crippen molar-refractivity contribution in [2.75, 3.05) is 13.1 Å². The molecular formula is C14H23ClN2O2S. The maximum Gasteiger partial charge on any atom is 0.240 e. The number of halogens is 1. The smallest absolute Gasteiger partial charge is 0.240 e. The van der Waals surface area contributed by atoms with Crippen molar-refractivity contribution >= 4 is 22.4 Å². The lowest BCUT2D eigenvalue weighted by Crippen LogP contribution is -2.52. The highest BCUT2D eigenvalue weighted by atomic mass is 35.5. The van der Waals surface area contributed by atoms with Crippen molar-refractivity contribution in [1.82, 2.24) is 10.0 Å². The first-order valence-electron chi connectivity index (χ1n) is 6.70. The molecule has 20 heavy (non-hydrogen) atoms. The van der Waals surface area contributed by atoms with Crippen LogP contribution < -0.4 is 10.0 Å². The van der Waals surface area contributed by atoms with Crippen molar-refractivity contribution in [3.63, 3.8) is 0 Å². The predicted molar refractivity (Wildman–Crippen MR) is 83.7 cm³/mol. The summed E-state index contributed by atoms with van der Waals surface area (Å²) >= 11 is 0. The van der Waals surface area contributed by atoms with Crippen molar-refractivity contribution in [2.45, 2.75) is 37.6 Å². The average Bonchev–Trinajstić information content (AvgIpc) is 2.38. The molecule has 114 valence electrons. The van der Waals surface area contributed by atoms with Gasteiger partial charge < -0.3 is 5.32 Å². The molecule has 1 aromatic rings. The highest BCUT2D eigenvalue weighted by Gasteiger charge is 2.32. The van der Waals surface area contributed by atoms with Crippen molar-refractivity contribution < 1.29 is 8.42 Å². The van der Waals surface area contributed by atoms with Crippen LogP contribution in [0.3, 0.4) is 0 Å². The van der Waals surface area contributed by atoms with Gasteiger partial charge in [-0.25, -0.2) is 13.1 Å². The van der Waals surface area contributed by atoms with Crippen LogP contribution in [0, 0.1) is 5.41 Å². The molecule has 1 aliphatic heterocycles. The summed E-state index contributed by atoms with van der Waals surface area (Å²) in [7, 11) is -3.40. The Kier molecular flexibility index (Phi) is 6.01. The molecule has 0 spiro atoms. The summed E-state index contributed by atoms with van der Waals surface area (Å²) in [5.74, 6) is 0. The van der Waals surface area contributed by atoms with Gasteiger partial charge in [-0.15, -0.1) is 12.4 Å². The van der Waals surface area contributed by atoms with E-state index in [2.05, 4.69) is 23.9 Å². The molecule has 1 aliphatic rings. The molecule has 4 nitrogen and oxygen atoms in total. The van der Waals surface area contributed by atoms with Gasteiger partial charge >= 0.3 is 0 Å². The molecule has 1 heterocycles. The van der Waals surface area contributed by atoms with E-state index in [1.807, 2.05) is 6.07 Å². The molecule has 1 atom stereocenters. The first-order chi connectivity index (χ1) is 8.92. The molecule has 6 heteroatoms. The monoisotopic (exact) mass is 318 g/mol. The third-order valence-corrected chi connectivity index (χ3v) is 5.30. The number of piperidine rings is 1. The number of sulfonamides is 1. The van der Waals surface area contributed by atoms with Crippen LogP contribution in [0.5, 0.6) is 0 Å². The van der Waals surface area contributed by atoms with Gasteiger partial charge in [-0.05, 0) is 36.9 Å². The molecule has 1 fully saturated rings. The maximum absolute atomic E-state index is 12.1. The van der Waals surface area contributed by atoms with Crippen LogP contribution in [0.15, 0.2) is 35.2 Å². The van der Waals surface area contributed by atoms with Crippen LogP contribution in [0.2, 0.25) is 0 Å². The average molecular weight is 319 g/mol. The summed E-state index contributed by atoms with van der Waals surface area (Å²) in [5, 5.41) is 3.41. The molecule has 0 aromatic heterocycles. The summed E-state index contributed by atoms with van der Waals surface area (Å²) in [4.78, 5) is 0.323. The molecule has 0 aliphatic carbocycles. The van der Waals surface area contributed by atoms with Crippen LogP contribution in [-0.4, -0.2) is 27.5 Å². The summed E-state index contributed by atoms with van der Waals surface area (Å²) in [6.45, 7) is 5.76. The van der Waals surface area contributed by atoms with E-state index in [0.29, 0.717) is 11.4 Å². The topological polar surface area (TPSA) is 58.2 Å². The van der Waals surface area contributed by atoms with Gasteiger partial charge in [0.15, 0.2) is 0 Å². The number of hydrogen-bond donors (Lipinski definition) is 2. The van der Waals surface area contributed by atoms with E-state index >= 15 is 0 Å². The lowest BCUT2D eigenvalue weighted by Gasteiger charge is -2.39. The minimum absolute atomic E-state index is 0. The van der Waals surface area contributed by atoms with Gasteiger partial charge in [0, 0.05) is 12.6 Å². The second kappa shape index (κ2) is 6.89. The molecule has 0 bridgehead atoms. The number of hydrogen-bond acceptors (Lipinski definition) is 3. The molecule has 0 saturated carbocycles. The van der Waals surface area contributed by atoms with Crippen LogP contribution >= 0.6 is 12.4 Å². The van der Waals surface area contributed by atoms with Gasteiger partial charge in [-0.3, -0.25) is 0 Å². The van der Waals surface area contributed by atoms with E-state index in [4.69, 9.17) is 0 Å². The summed E-state index contributed by atoms with van der Waals surface area (Å²) in [6, 6.07) is 8.68. The van der Waals surface area contributed by atoms with Crippen LogP contribution in [0.1, 0.15) is 26.7 Å². The molecule has 2 rings (SSSR count). The second-order valence-electron chi connectivity index (χ2n) is 5.76. The fourth-order valence-corrected chi connectivity index (χ4v) is 3.56. The highest BCUT2D eigenvalue weighted by Crippen LogP contribution is 2.29. The quantitative estimate of drug-likeness (QED) is 0.894. The first-order valence-corrected chi connectivity index (χ1v) is 8.18. The first kappa shape index (κ1) is 17.4. The van der Waals surface area contributed by atoms with E-state index in [-0.39, 0.29) is 23.9 Å². The van der Waals surface area contributed by atoms with Gasteiger partial charge in [0.25, 0.3) is 0 Å². The zero-order valence-electron chi connectivity index (χ0n) is 11.9. The van der Waals surface area contributed by atoms with E-state index in [0.717, 1.165) is 19.4 Å². The van der Waals surface area contributed by atoms with Crippen molar-refractivity contribution in [3.05, 3.63) is 30.3 Å². The van der Waals surface area contributed by atoms with Gasteiger partial charge in [-0.1, -0.05) is 32.0 Å². The Labute approximate surface area is 127 Å². The van der Waals surface area contributed by atoms with E-state index in [9.17, 15) is 8.42 Å². The molecule has 1 aromatic carbocycles.